The Kier molecular flexibility index (Phi) is 5.05. The summed E-state index contributed by atoms with van der Waals surface area (Å²) in [7, 11) is 1.65. The smallest absolute Gasteiger partial charge is 0.141 e. The Bertz CT molecular complexity index is 897. The molecule has 0 bridgehead atoms. The van der Waals surface area contributed by atoms with E-state index in [9.17, 15) is 4.79 Å². The van der Waals surface area contributed by atoms with Crippen LogP contribution < -0.4 is 9.64 Å². The highest BCUT2D eigenvalue weighted by molar-refractivity contribution is 5.83. The van der Waals surface area contributed by atoms with Crippen LogP contribution in [0.5, 0.6) is 5.75 Å². The number of hydrogen-bond acceptors (Lipinski definition) is 4. The fraction of sp³-hybridized carbons (Fsp3) is 0.304. The maximum Gasteiger partial charge on any atom is 0.141 e. The first-order valence-corrected chi connectivity index (χ1v) is 9.44. The monoisotopic (exact) mass is 360 g/mol. The van der Waals surface area contributed by atoms with Gasteiger partial charge in [-0.3, -0.25) is 9.79 Å². The zero-order chi connectivity index (χ0) is 18.6. The van der Waals surface area contributed by atoms with E-state index in [-0.39, 0.29) is 5.78 Å². The molecule has 0 N–H and O–H groups in total. The molecule has 0 aromatic heterocycles. The average molecular weight is 360 g/mol. The highest BCUT2D eigenvalue weighted by Crippen LogP contribution is 2.30. The lowest BCUT2D eigenvalue weighted by Gasteiger charge is -2.19. The topological polar surface area (TPSA) is 41.9 Å². The van der Waals surface area contributed by atoms with Gasteiger partial charge in [0.2, 0.25) is 0 Å². The van der Waals surface area contributed by atoms with Crippen LogP contribution in [0.3, 0.4) is 0 Å². The zero-order valence-corrected chi connectivity index (χ0v) is 15.6. The second kappa shape index (κ2) is 7.78. The van der Waals surface area contributed by atoms with E-state index >= 15 is 0 Å². The van der Waals surface area contributed by atoms with Crippen LogP contribution in [0.1, 0.15) is 23.1 Å². The van der Waals surface area contributed by atoms with Crippen molar-refractivity contribution in [1.82, 2.24) is 0 Å². The van der Waals surface area contributed by atoms with Gasteiger partial charge in [-0.15, -0.1) is 0 Å². The van der Waals surface area contributed by atoms with Crippen molar-refractivity contribution in [3.05, 3.63) is 70.9 Å². The number of fused-ring (bicyclic) bond motifs is 1. The molecular weight excluding hydrogens is 336 g/mol. The van der Waals surface area contributed by atoms with Crippen molar-refractivity contribution < 1.29 is 9.53 Å². The van der Waals surface area contributed by atoms with E-state index in [1.807, 2.05) is 30.5 Å². The van der Waals surface area contributed by atoms with Crippen molar-refractivity contribution in [3.8, 4) is 5.75 Å². The molecular formula is C23H24N2O2. The van der Waals surface area contributed by atoms with Crippen molar-refractivity contribution in [2.45, 2.75) is 25.7 Å². The van der Waals surface area contributed by atoms with Crippen LogP contribution in [-0.2, 0) is 24.1 Å². The molecule has 4 rings (SSSR count). The Balaban J connectivity index is 1.42. The minimum atomic E-state index is 0.229. The summed E-state index contributed by atoms with van der Waals surface area (Å²) in [6.45, 7) is 1.87. The molecule has 0 atom stereocenters. The lowest BCUT2D eigenvalue weighted by Crippen LogP contribution is -2.22. The number of carbonyl (C=O) groups excluding carboxylic acids is 1. The summed E-state index contributed by atoms with van der Waals surface area (Å²) in [5.74, 6) is 1.04. The molecule has 2 aromatic rings. The maximum absolute atomic E-state index is 12.5. The fourth-order valence-electron chi connectivity index (χ4n) is 3.74. The van der Waals surface area contributed by atoms with E-state index in [2.05, 4.69) is 34.2 Å². The molecule has 0 spiro atoms. The summed E-state index contributed by atoms with van der Waals surface area (Å²) >= 11 is 0. The van der Waals surface area contributed by atoms with Gasteiger partial charge < -0.3 is 9.64 Å². The number of ketones is 1. The Labute approximate surface area is 160 Å². The van der Waals surface area contributed by atoms with Crippen LogP contribution in [0, 0.1) is 0 Å². The number of Topliss-reactive ketones (excluding diaryl/α,β-unsaturated/α-hetero) is 1. The highest BCUT2D eigenvalue weighted by atomic mass is 16.5. The molecule has 2 aliphatic heterocycles. The van der Waals surface area contributed by atoms with Gasteiger partial charge in [0.1, 0.15) is 11.5 Å². The molecule has 2 aliphatic rings. The molecule has 2 heterocycles. The number of benzene rings is 2. The van der Waals surface area contributed by atoms with Crippen molar-refractivity contribution in [2.24, 2.45) is 4.99 Å². The first-order valence-electron chi connectivity index (χ1n) is 9.44. The molecule has 0 saturated carbocycles. The second-order valence-electron chi connectivity index (χ2n) is 7.12. The third-order valence-electron chi connectivity index (χ3n) is 5.17. The summed E-state index contributed by atoms with van der Waals surface area (Å²) in [5.41, 5.74) is 5.87. The maximum atomic E-state index is 12.5. The number of methoxy groups -OCH3 is 1. The van der Waals surface area contributed by atoms with Gasteiger partial charge in [-0.25, -0.2) is 0 Å². The Hall–Kier alpha value is -2.88. The molecule has 4 nitrogen and oxygen atoms in total. The second-order valence-corrected chi connectivity index (χ2v) is 7.12. The summed E-state index contributed by atoms with van der Waals surface area (Å²) < 4.78 is 5.17. The number of hydrogen-bond donors (Lipinski definition) is 0. The molecule has 27 heavy (non-hydrogen) atoms. The van der Waals surface area contributed by atoms with Gasteiger partial charge in [0, 0.05) is 37.7 Å². The van der Waals surface area contributed by atoms with Crippen LogP contribution in [-0.4, -0.2) is 32.2 Å². The van der Waals surface area contributed by atoms with Crippen molar-refractivity contribution in [2.75, 3.05) is 25.1 Å². The van der Waals surface area contributed by atoms with Gasteiger partial charge in [0.25, 0.3) is 0 Å². The molecule has 0 amide bonds. The molecule has 4 heteroatoms. The summed E-state index contributed by atoms with van der Waals surface area (Å²) in [6, 6.07) is 14.2. The van der Waals surface area contributed by atoms with E-state index in [4.69, 9.17) is 4.74 Å². The standard InChI is InChI=1S/C23H24N2O2/c1-27-22-8-5-17(6-9-22)13-21(26)14-18-4-7-19-10-12-25(23(19)15-18)16-20-3-2-11-24-20/h3-9,11,15H,2,10,12-14,16H2,1H3. The first kappa shape index (κ1) is 17.5. The number of aliphatic imine (C=N–C) groups is 1. The number of ether oxygens (including phenoxy) is 1. The number of rotatable bonds is 7. The lowest BCUT2D eigenvalue weighted by molar-refractivity contribution is -0.117. The van der Waals surface area contributed by atoms with Crippen LogP contribution in [0.15, 0.2) is 59.2 Å². The largest absolute Gasteiger partial charge is 0.497 e. The van der Waals surface area contributed by atoms with Crippen molar-refractivity contribution >= 4 is 17.7 Å². The Morgan fingerprint density at radius 2 is 1.89 bits per heavy atom. The normalized spacial score (nSPS) is 15.0. The van der Waals surface area contributed by atoms with Crippen LogP contribution in [0.25, 0.3) is 0 Å². The van der Waals surface area contributed by atoms with E-state index in [1.54, 1.807) is 7.11 Å². The zero-order valence-electron chi connectivity index (χ0n) is 15.6. The van der Waals surface area contributed by atoms with Crippen LogP contribution >= 0.6 is 0 Å². The van der Waals surface area contributed by atoms with Gasteiger partial charge >= 0.3 is 0 Å². The SMILES string of the molecule is COc1ccc(CC(=O)Cc2ccc3c(c2)N(CC2=CCC=N2)CC3)cc1. The van der Waals surface area contributed by atoms with E-state index in [0.717, 1.165) is 48.5 Å². The van der Waals surface area contributed by atoms with Gasteiger partial charge in [-0.05, 0) is 41.3 Å². The molecule has 0 aliphatic carbocycles. The predicted octanol–water partition coefficient (Wildman–Crippen LogP) is 3.77. The fourth-order valence-corrected chi connectivity index (χ4v) is 3.74. The van der Waals surface area contributed by atoms with Gasteiger partial charge in [0.05, 0.1) is 19.4 Å². The lowest BCUT2D eigenvalue weighted by atomic mass is 10.0. The number of anilines is 1. The van der Waals surface area contributed by atoms with Gasteiger partial charge in [0.15, 0.2) is 0 Å². The van der Waals surface area contributed by atoms with E-state index in [1.165, 1.54) is 11.3 Å². The summed E-state index contributed by atoms with van der Waals surface area (Å²) in [5, 5.41) is 0. The predicted molar refractivity (Wildman–Crippen MR) is 109 cm³/mol. The molecule has 0 unspecified atom stereocenters. The Morgan fingerprint density at radius 3 is 2.63 bits per heavy atom. The molecule has 0 radical (unpaired) electrons. The van der Waals surface area contributed by atoms with Crippen molar-refractivity contribution in [3.63, 3.8) is 0 Å². The van der Waals surface area contributed by atoms with E-state index in [0.29, 0.717) is 12.8 Å². The third-order valence-corrected chi connectivity index (χ3v) is 5.17. The van der Waals surface area contributed by atoms with Gasteiger partial charge in [-0.2, -0.15) is 0 Å². The molecule has 138 valence electrons. The highest BCUT2D eigenvalue weighted by Gasteiger charge is 2.21. The third kappa shape index (κ3) is 4.11. The minimum absolute atomic E-state index is 0.229. The van der Waals surface area contributed by atoms with Crippen LogP contribution in [0.4, 0.5) is 5.69 Å². The average Bonchev–Trinajstić information content (AvgIpc) is 3.33. The summed E-state index contributed by atoms with van der Waals surface area (Å²) in [6.07, 6.45) is 7.06. The Morgan fingerprint density at radius 1 is 1.11 bits per heavy atom. The van der Waals surface area contributed by atoms with Gasteiger partial charge in [-0.1, -0.05) is 30.3 Å². The van der Waals surface area contributed by atoms with E-state index < -0.39 is 0 Å². The molecule has 0 saturated heterocycles. The summed E-state index contributed by atoms with van der Waals surface area (Å²) in [4.78, 5) is 19.3. The molecule has 0 fully saturated rings. The molecule has 2 aromatic carbocycles. The number of allylic oxidation sites excluding steroid dienone is 1. The first-order chi connectivity index (χ1) is 13.2. The quantitative estimate of drug-likeness (QED) is 0.755. The van der Waals surface area contributed by atoms with Crippen molar-refractivity contribution in [1.29, 1.82) is 0 Å². The number of carbonyl (C=O) groups is 1. The number of nitrogens with zero attached hydrogens (tertiary/aromatic N) is 2. The van der Waals surface area contributed by atoms with Crippen LogP contribution in [0.2, 0.25) is 0 Å². The minimum Gasteiger partial charge on any atom is -0.497 e.